The summed E-state index contributed by atoms with van der Waals surface area (Å²) < 4.78 is 5.38. The van der Waals surface area contributed by atoms with Gasteiger partial charge in [-0.3, -0.25) is 14.9 Å². The van der Waals surface area contributed by atoms with E-state index >= 15 is 0 Å². The summed E-state index contributed by atoms with van der Waals surface area (Å²) in [6.45, 7) is 0.349. The lowest BCUT2D eigenvalue weighted by molar-refractivity contribution is -0.385. The van der Waals surface area contributed by atoms with Crippen LogP contribution >= 0.6 is 11.6 Å². The Labute approximate surface area is 120 Å². The molecule has 0 atom stereocenters. The van der Waals surface area contributed by atoms with Gasteiger partial charge in [0.25, 0.3) is 11.6 Å². The fraction of sp³-hybridized carbons (Fsp3) is 0.500. The lowest BCUT2D eigenvalue weighted by atomic mass is 9.80. The van der Waals surface area contributed by atoms with Crippen molar-refractivity contribution in [1.82, 2.24) is 10.3 Å². The van der Waals surface area contributed by atoms with Crippen LogP contribution in [0.25, 0.3) is 0 Å². The van der Waals surface area contributed by atoms with E-state index in [4.69, 9.17) is 16.3 Å². The second-order valence-electron chi connectivity index (χ2n) is 4.71. The molecule has 0 saturated heterocycles. The maximum atomic E-state index is 12.0. The molecular formula is C12H14ClN3O4. The van der Waals surface area contributed by atoms with Crippen LogP contribution in [0.2, 0.25) is 5.15 Å². The van der Waals surface area contributed by atoms with Gasteiger partial charge in [0, 0.05) is 19.7 Å². The molecule has 1 fully saturated rings. The highest BCUT2D eigenvalue weighted by Crippen LogP contribution is 2.34. The van der Waals surface area contributed by atoms with Crippen molar-refractivity contribution in [3.63, 3.8) is 0 Å². The molecule has 8 heteroatoms. The average Bonchev–Trinajstić information content (AvgIpc) is 2.38. The van der Waals surface area contributed by atoms with Gasteiger partial charge < -0.3 is 10.1 Å². The summed E-state index contributed by atoms with van der Waals surface area (Å²) in [7, 11) is 1.60. The third kappa shape index (κ3) is 2.88. The van der Waals surface area contributed by atoms with Crippen LogP contribution in [0.4, 0.5) is 5.69 Å². The molecule has 1 heterocycles. The molecule has 1 N–H and O–H groups in total. The summed E-state index contributed by atoms with van der Waals surface area (Å²) in [5.74, 6) is -0.491. The largest absolute Gasteiger partial charge is 0.376 e. The molecule has 1 amide bonds. The van der Waals surface area contributed by atoms with Crippen molar-refractivity contribution in [2.45, 2.75) is 24.9 Å². The summed E-state index contributed by atoms with van der Waals surface area (Å²) in [4.78, 5) is 25.7. The van der Waals surface area contributed by atoms with Crippen LogP contribution in [0.1, 0.15) is 29.6 Å². The Kier molecular flexibility index (Phi) is 4.20. The first-order chi connectivity index (χ1) is 9.47. The number of nitrogens with zero attached hydrogens (tertiary/aromatic N) is 2. The van der Waals surface area contributed by atoms with Crippen molar-refractivity contribution in [1.29, 1.82) is 0 Å². The van der Waals surface area contributed by atoms with E-state index in [1.807, 2.05) is 0 Å². The zero-order valence-corrected chi connectivity index (χ0v) is 11.6. The van der Waals surface area contributed by atoms with E-state index in [9.17, 15) is 14.9 Å². The van der Waals surface area contributed by atoms with Gasteiger partial charge in [-0.15, -0.1) is 0 Å². The number of hydrogen-bond acceptors (Lipinski definition) is 5. The van der Waals surface area contributed by atoms with Crippen LogP contribution in [0.3, 0.4) is 0 Å². The first kappa shape index (κ1) is 14.7. The standard InChI is InChI=1S/C12H14ClN3O4/c1-20-12(3-2-4-12)7-15-11(17)9-5-8(16(18)19)6-14-10(9)13/h5-6H,2-4,7H2,1H3,(H,15,17). The first-order valence-corrected chi connectivity index (χ1v) is 6.48. The summed E-state index contributed by atoms with van der Waals surface area (Å²) >= 11 is 5.80. The van der Waals surface area contributed by atoms with E-state index in [1.165, 1.54) is 0 Å². The van der Waals surface area contributed by atoms with E-state index in [1.54, 1.807) is 7.11 Å². The van der Waals surface area contributed by atoms with E-state index in [0.717, 1.165) is 31.5 Å². The lowest BCUT2D eigenvalue weighted by Gasteiger charge is -2.40. The van der Waals surface area contributed by atoms with Crippen LogP contribution in [0.15, 0.2) is 12.3 Å². The Hall–Kier alpha value is -1.73. The number of nitrogens with one attached hydrogen (secondary N) is 1. The van der Waals surface area contributed by atoms with Gasteiger partial charge in [-0.25, -0.2) is 4.98 Å². The molecule has 0 unspecified atom stereocenters. The Morgan fingerprint density at radius 2 is 2.35 bits per heavy atom. The van der Waals surface area contributed by atoms with Crippen molar-refractivity contribution >= 4 is 23.2 Å². The van der Waals surface area contributed by atoms with E-state index in [2.05, 4.69) is 10.3 Å². The molecule has 0 aromatic carbocycles. The van der Waals surface area contributed by atoms with E-state index in [-0.39, 0.29) is 22.0 Å². The average molecular weight is 300 g/mol. The SMILES string of the molecule is COC1(CNC(=O)c2cc([N+](=O)[O-])cnc2Cl)CCC1. The molecule has 20 heavy (non-hydrogen) atoms. The zero-order valence-electron chi connectivity index (χ0n) is 10.9. The Morgan fingerprint density at radius 3 is 2.85 bits per heavy atom. The summed E-state index contributed by atoms with van der Waals surface area (Å²) in [5.41, 5.74) is -0.605. The van der Waals surface area contributed by atoms with Crippen molar-refractivity contribution < 1.29 is 14.5 Å². The Morgan fingerprint density at radius 1 is 1.65 bits per heavy atom. The Balaban J connectivity index is 2.09. The van der Waals surface area contributed by atoms with Gasteiger partial charge in [-0.1, -0.05) is 11.6 Å². The number of hydrogen-bond donors (Lipinski definition) is 1. The smallest absolute Gasteiger partial charge is 0.288 e. The van der Waals surface area contributed by atoms with Gasteiger partial charge in [0.15, 0.2) is 0 Å². The minimum atomic E-state index is -0.622. The number of halogens is 1. The molecule has 0 radical (unpaired) electrons. The number of nitro groups is 1. The third-order valence-electron chi connectivity index (χ3n) is 3.55. The molecule has 0 spiro atoms. The second kappa shape index (κ2) is 5.72. The summed E-state index contributed by atoms with van der Waals surface area (Å²) in [6.07, 6.45) is 3.83. The molecule has 1 aliphatic rings. The second-order valence-corrected chi connectivity index (χ2v) is 5.07. The molecule has 1 aliphatic carbocycles. The molecule has 1 aromatic heterocycles. The van der Waals surface area contributed by atoms with Crippen molar-refractivity contribution in [2.24, 2.45) is 0 Å². The van der Waals surface area contributed by atoms with E-state index < -0.39 is 10.8 Å². The van der Waals surface area contributed by atoms with Crippen LogP contribution in [-0.4, -0.2) is 35.1 Å². The zero-order chi connectivity index (χ0) is 14.8. The van der Waals surface area contributed by atoms with Crippen LogP contribution in [0, 0.1) is 10.1 Å². The number of ether oxygens (including phenoxy) is 1. The molecule has 108 valence electrons. The van der Waals surface area contributed by atoms with Gasteiger partial charge in [-0.05, 0) is 19.3 Å². The maximum absolute atomic E-state index is 12.0. The number of carbonyl (C=O) groups excluding carboxylic acids is 1. The number of pyridine rings is 1. The van der Waals surface area contributed by atoms with Crippen LogP contribution in [0.5, 0.6) is 0 Å². The predicted octanol–water partition coefficient (Wildman–Crippen LogP) is 1.94. The van der Waals surface area contributed by atoms with Gasteiger partial charge in [0.05, 0.1) is 16.1 Å². The van der Waals surface area contributed by atoms with Crippen LogP contribution in [-0.2, 0) is 4.74 Å². The normalized spacial score (nSPS) is 16.3. The van der Waals surface area contributed by atoms with Crippen molar-refractivity contribution in [2.75, 3.05) is 13.7 Å². The Bertz CT molecular complexity index is 540. The number of carbonyl (C=O) groups is 1. The van der Waals surface area contributed by atoms with Crippen LogP contribution < -0.4 is 5.32 Å². The minimum absolute atomic E-state index is 0.00792. The number of rotatable bonds is 5. The van der Waals surface area contributed by atoms with Gasteiger partial charge >= 0.3 is 0 Å². The highest BCUT2D eigenvalue weighted by atomic mass is 35.5. The summed E-state index contributed by atoms with van der Waals surface area (Å²) in [6, 6.07) is 1.12. The number of aromatic nitrogens is 1. The predicted molar refractivity (Wildman–Crippen MR) is 71.8 cm³/mol. The maximum Gasteiger partial charge on any atom is 0.288 e. The fourth-order valence-electron chi connectivity index (χ4n) is 2.06. The molecule has 1 aromatic rings. The van der Waals surface area contributed by atoms with Crippen molar-refractivity contribution in [3.05, 3.63) is 33.1 Å². The summed E-state index contributed by atoms with van der Waals surface area (Å²) in [5, 5.41) is 13.3. The number of methoxy groups -OCH3 is 1. The molecule has 7 nitrogen and oxygen atoms in total. The monoisotopic (exact) mass is 299 g/mol. The molecule has 2 rings (SSSR count). The molecule has 0 bridgehead atoms. The third-order valence-corrected chi connectivity index (χ3v) is 3.85. The van der Waals surface area contributed by atoms with Crippen molar-refractivity contribution in [3.8, 4) is 0 Å². The van der Waals surface area contributed by atoms with Gasteiger partial charge in [0.2, 0.25) is 0 Å². The highest BCUT2D eigenvalue weighted by molar-refractivity contribution is 6.32. The van der Waals surface area contributed by atoms with E-state index in [0.29, 0.717) is 6.54 Å². The fourth-order valence-corrected chi connectivity index (χ4v) is 2.25. The quantitative estimate of drug-likeness (QED) is 0.509. The number of amides is 1. The molecule has 0 aliphatic heterocycles. The van der Waals surface area contributed by atoms with Gasteiger partial charge in [-0.2, -0.15) is 0 Å². The highest BCUT2D eigenvalue weighted by Gasteiger charge is 2.37. The minimum Gasteiger partial charge on any atom is -0.376 e. The molecule has 1 saturated carbocycles. The van der Waals surface area contributed by atoms with Gasteiger partial charge in [0.1, 0.15) is 11.3 Å². The lowest BCUT2D eigenvalue weighted by Crippen LogP contribution is -2.49. The first-order valence-electron chi connectivity index (χ1n) is 6.11. The molecular weight excluding hydrogens is 286 g/mol. The topological polar surface area (TPSA) is 94.4 Å².